The molecule has 38 heavy (non-hydrogen) atoms. The van der Waals surface area contributed by atoms with Crippen LogP contribution >= 0.6 is 17.0 Å². The van der Waals surface area contributed by atoms with E-state index in [0.717, 1.165) is 47.9 Å². The second-order valence-corrected chi connectivity index (χ2v) is 11.9. The molecule has 1 atom stereocenters. The maximum atomic E-state index is 11.1. The van der Waals surface area contributed by atoms with Crippen LogP contribution in [0, 0.1) is 0 Å². The first-order chi connectivity index (χ1) is 18.1. The van der Waals surface area contributed by atoms with E-state index in [-0.39, 0.29) is 32.7 Å². The molecule has 2 heterocycles. The van der Waals surface area contributed by atoms with Crippen LogP contribution in [0.1, 0.15) is 44.5 Å². The van der Waals surface area contributed by atoms with Crippen molar-refractivity contribution in [2.24, 2.45) is 0 Å². The third-order valence-corrected chi connectivity index (χ3v) is 9.70. The predicted molar refractivity (Wildman–Crippen MR) is 144 cm³/mol. The first kappa shape index (κ1) is 26.8. The normalized spacial score (nSPS) is 21.1. The molecular weight excluding hydrogens is 591 g/mol. The molecule has 4 aromatic rings. The summed E-state index contributed by atoms with van der Waals surface area (Å²) in [6, 6.07) is 33.8. The molecule has 0 bridgehead atoms. The minimum atomic E-state index is -2.11. The van der Waals surface area contributed by atoms with Crippen molar-refractivity contribution < 1.29 is 56.1 Å². The maximum Gasteiger partial charge on any atom is 0.332 e. The van der Waals surface area contributed by atoms with Gasteiger partial charge in [0.15, 0.2) is 19.6 Å². The van der Waals surface area contributed by atoms with E-state index in [0.29, 0.717) is 0 Å². The Morgan fingerprint density at radius 2 is 0.842 bits per heavy atom. The van der Waals surface area contributed by atoms with Crippen molar-refractivity contribution in [3.05, 3.63) is 142 Å². The number of hydrogen-bond donors (Lipinski definition) is 2. The monoisotopic (exact) mass is 617 g/mol. The Morgan fingerprint density at radius 1 is 0.553 bits per heavy atom. The fourth-order valence-electron chi connectivity index (χ4n) is 6.28. The molecule has 1 unspecified atom stereocenters. The van der Waals surface area contributed by atoms with Crippen LogP contribution in [0.2, 0.25) is 0 Å². The molecule has 2 N–H and O–H groups in total. The number of fused-ring (bicyclic) bond motifs is 9. The smallest absolute Gasteiger partial charge is 0.332 e. The van der Waals surface area contributed by atoms with Crippen LogP contribution in [0.5, 0.6) is 0 Å². The van der Waals surface area contributed by atoms with E-state index < -0.39 is 28.2 Å². The molecule has 0 aromatic heterocycles. The molecule has 8 rings (SSSR count). The minimum Gasteiger partial charge on any atom is -0.350 e. The second kappa shape index (κ2) is 10.6. The van der Waals surface area contributed by atoms with E-state index in [1.165, 1.54) is 22.3 Å². The van der Waals surface area contributed by atoms with Crippen LogP contribution in [-0.2, 0) is 70.3 Å². The summed E-state index contributed by atoms with van der Waals surface area (Å²) < 4.78 is 17.8. The van der Waals surface area contributed by atoms with Gasteiger partial charge in [-0.25, -0.2) is 0 Å². The molecule has 2 fully saturated rings. The summed E-state index contributed by atoms with van der Waals surface area (Å²) in [6.45, 7) is 0.766. The molecule has 5 nitrogen and oxygen atoms in total. The Hall–Kier alpha value is -1.36. The number of rotatable bonds is 0. The van der Waals surface area contributed by atoms with Gasteiger partial charge in [-0.2, -0.15) is 0 Å². The van der Waals surface area contributed by atoms with Crippen LogP contribution < -0.4 is 0 Å². The van der Waals surface area contributed by atoms with E-state index in [9.17, 15) is 4.89 Å². The summed E-state index contributed by atoms with van der Waals surface area (Å²) >= 11 is 0. The molecule has 4 aliphatic rings. The molecular formula is C30H26O5P2Y. The average Bonchev–Trinajstić information content (AvgIpc) is 3.22. The Kier molecular flexibility index (Phi) is 7.46. The third-order valence-electron chi connectivity index (χ3n) is 7.80. The van der Waals surface area contributed by atoms with Crippen molar-refractivity contribution in [3.8, 4) is 0 Å². The maximum absolute atomic E-state index is 11.1. The average molecular weight is 617 g/mol. The van der Waals surface area contributed by atoms with Crippen LogP contribution in [0.4, 0.5) is 0 Å². The van der Waals surface area contributed by atoms with Crippen LogP contribution in [0.3, 0.4) is 0 Å². The molecule has 2 aliphatic heterocycles. The fraction of sp³-hybridized carbons (Fsp3) is 0.200. The van der Waals surface area contributed by atoms with Gasteiger partial charge in [-0.3, -0.25) is 9.05 Å². The summed E-state index contributed by atoms with van der Waals surface area (Å²) in [5, 5.41) is 0. The molecule has 8 heteroatoms. The van der Waals surface area contributed by atoms with Crippen molar-refractivity contribution in [2.75, 3.05) is 12.8 Å². The quantitative estimate of drug-likeness (QED) is 0.228. The van der Waals surface area contributed by atoms with Gasteiger partial charge in [-0.1, -0.05) is 97.1 Å². The van der Waals surface area contributed by atoms with E-state index >= 15 is 0 Å². The van der Waals surface area contributed by atoms with Crippen molar-refractivity contribution in [2.45, 2.75) is 24.0 Å². The van der Waals surface area contributed by atoms with Crippen LogP contribution in [0.25, 0.3) is 0 Å². The van der Waals surface area contributed by atoms with Gasteiger partial charge < -0.3 is 14.3 Å². The SMILES string of the molecule is OP1CCO1.OP1OC2(c3ccccc3Cc3ccccc32)C2(O1)c1ccccc1Cc1ccccc12.[Y]. The number of benzene rings is 4. The zero-order valence-electron chi connectivity index (χ0n) is 20.7. The molecule has 0 amide bonds. The van der Waals surface area contributed by atoms with Gasteiger partial charge in [0.2, 0.25) is 0 Å². The summed E-state index contributed by atoms with van der Waals surface area (Å²) in [7, 11) is -3.02. The van der Waals surface area contributed by atoms with E-state index in [4.69, 9.17) is 13.9 Å². The summed E-state index contributed by atoms with van der Waals surface area (Å²) in [4.78, 5) is 19.4. The molecule has 4 aromatic carbocycles. The molecule has 2 saturated heterocycles. The van der Waals surface area contributed by atoms with Gasteiger partial charge in [0.1, 0.15) is 0 Å². The van der Waals surface area contributed by atoms with Crippen molar-refractivity contribution in [3.63, 3.8) is 0 Å². The zero-order chi connectivity index (χ0) is 25.0. The van der Waals surface area contributed by atoms with Crippen molar-refractivity contribution in [1.29, 1.82) is 0 Å². The van der Waals surface area contributed by atoms with Gasteiger partial charge in [0.05, 0.1) is 6.61 Å². The third kappa shape index (κ3) is 3.95. The summed E-state index contributed by atoms with van der Waals surface area (Å²) in [5.74, 6) is 0. The van der Waals surface area contributed by atoms with E-state index in [2.05, 4.69) is 102 Å². The summed E-state index contributed by atoms with van der Waals surface area (Å²) in [5.41, 5.74) is 7.17. The molecule has 189 valence electrons. The van der Waals surface area contributed by atoms with Crippen LogP contribution in [-0.4, -0.2) is 22.6 Å². The molecule has 1 radical (unpaired) electrons. The van der Waals surface area contributed by atoms with Crippen LogP contribution in [0.15, 0.2) is 97.1 Å². The van der Waals surface area contributed by atoms with Gasteiger partial charge in [-0.15, -0.1) is 0 Å². The van der Waals surface area contributed by atoms with Gasteiger partial charge in [0.25, 0.3) is 0 Å². The standard InChI is InChI=1S/C28H21O3P.C2H5O2P.Y/c29-32-30-27(23-13-5-1-9-19(23)17-20-10-2-6-14-24(20)27)28(31-32)25-15-7-3-11-21(25)18-22-12-4-8-16-26(22)28;3-5-2-1-4-5;/h1-16,29H,17-18H2;3H,1-2H2;. The number of hydrogen-bond acceptors (Lipinski definition) is 5. The largest absolute Gasteiger partial charge is 0.350 e. The van der Waals surface area contributed by atoms with E-state index in [1.54, 1.807) is 0 Å². The Bertz CT molecular complexity index is 1290. The van der Waals surface area contributed by atoms with E-state index in [1.807, 2.05) is 0 Å². The topological polar surface area (TPSA) is 68.2 Å². The summed E-state index contributed by atoms with van der Waals surface area (Å²) in [6.07, 6.45) is 2.55. The molecule has 2 aliphatic carbocycles. The van der Waals surface area contributed by atoms with Gasteiger partial charge >= 0.3 is 8.60 Å². The Balaban J connectivity index is 0.000000398. The fourth-order valence-corrected chi connectivity index (χ4v) is 7.78. The predicted octanol–water partition coefficient (Wildman–Crippen LogP) is 6.27. The van der Waals surface area contributed by atoms with Gasteiger partial charge in [0, 0.05) is 38.9 Å². The first-order valence-corrected chi connectivity index (χ1v) is 15.0. The van der Waals surface area contributed by atoms with Crippen molar-refractivity contribution >= 4 is 17.0 Å². The molecule has 0 saturated carbocycles. The van der Waals surface area contributed by atoms with Crippen molar-refractivity contribution in [1.82, 2.24) is 0 Å². The van der Waals surface area contributed by atoms with Gasteiger partial charge in [-0.05, 0) is 57.3 Å². The minimum absolute atomic E-state index is 0. The second-order valence-electron chi connectivity index (χ2n) is 9.67. The Morgan fingerprint density at radius 3 is 1.11 bits per heavy atom. The zero-order valence-corrected chi connectivity index (χ0v) is 25.3. The molecule has 2 spiro atoms. The Labute approximate surface area is 250 Å². The first-order valence-electron chi connectivity index (χ1n) is 12.4.